The predicted octanol–water partition coefficient (Wildman–Crippen LogP) is 1.94. The highest BCUT2D eigenvalue weighted by Crippen LogP contribution is 2.26. The summed E-state index contributed by atoms with van der Waals surface area (Å²) in [7, 11) is 0. The van der Waals surface area contributed by atoms with Crippen LogP contribution in [0.2, 0.25) is 0 Å². The Hall–Kier alpha value is -1.07. The van der Waals surface area contributed by atoms with Gasteiger partial charge in [0.25, 0.3) is 0 Å². The second kappa shape index (κ2) is 3.59. The molecule has 1 atom stereocenters. The maximum absolute atomic E-state index is 12.2. The van der Waals surface area contributed by atoms with E-state index in [0.29, 0.717) is 6.42 Å². The number of carbonyl (C=O) groups excluding carboxylic acids is 1. The zero-order valence-electron chi connectivity index (χ0n) is 7.93. The number of rotatable bonds is 2. The number of hydrogen-bond acceptors (Lipinski definition) is 2. The monoisotopic (exact) mass is 208 g/mol. The molecule has 6 heteroatoms. The maximum atomic E-state index is 12.2. The Labute approximate surface area is 79.6 Å². The average molecular weight is 208 g/mol. The summed E-state index contributed by atoms with van der Waals surface area (Å²) in [6.45, 7) is 3.46. The van der Waals surface area contributed by atoms with Gasteiger partial charge in [-0.1, -0.05) is 6.92 Å². The van der Waals surface area contributed by atoms with Gasteiger partial charge >= 0.3 is 6.18 Å². The summed E-state index contributed by atoms with van der Waals surface area (Å²) >= 11 is 0. The van der Waals surface area contributed by atoms with Crippen LogP contribution in [0.3, 0.4) is 0 Å². The zero-order valence-corrected chi connectivity index (χ0v) is 7.93. The van der Waals surface area contributed by atoms with E-state index in [4.69, 9.17) is 0 Å². The summed E-state index contributed by atoms with van der Waals surface area (Å²) in [5, 5.41) is 4.21. The predicted molar refractivity (Wildman–Crippen MR) is 44.7 cm³/mol. The number of hydrogen-bond donors (Lipinski definition) is 0. The van der Waals surface area contributed by atoms with E-state index in [1.54, 1.807) is 13.8 Å². The molecule has 80 valence electrons. The van der Waals surface area contributed by atoms with Crippen molar-refractivity contribution < 1.29 is 18.0 Å². The Morgan fingerprint density at radius 3 is 2.50 bits per heavy atom. The molecule has 0 saturated carbocycles. The highest BCUT2D eigenvalue weighted by Gasteiger charge is 2.43. The lowest BCUT2D eigenvalue weighted by Crippen LogP contribution is -2.29. The Morgan fingerprint density at radius 1 is 1.57 bits per heavy atom. The average Bonchev–Trinajstić information content (AvgIpc) is 2.45. The molecule has 1 amide bonds. The van der Waals surface area contributed by atoms with E-state index in [0.717, 1.165) is 5.01 Å². The van der Waals surface area contributed by atoms with Gasteiger partial charge in [-0.25, -0.2) is 5.01 Å². The van der Waals surface area contributed by atoms with E-state index >= 15 is 0 Å². The molecule has 0 fully saturated rings. The second-order valence-corrected chi connectivity index (χ2v) is 3.22. The number of halogens is 3. The summed E-state index contributed by atoms with van der Waals surface area (Å²) in [6, 6.07) is -0.276. The first-order valence-electron chi connectivity index (χ1n) is 4.33. The van der Waals surface area contributed by atoms with Gasteiger partial charge in [-0.05, 0) is 13.3 Å². The van der Waals surface area contributed by atoms with E-state index in [1.807, 2.05) is 0 Å². The lowest BCUT2D eigenvalue weighted by atomic mass is 10.2. The molecular weight excluding hydrogens is 197 g/mol. The van der Waals surface area contributed by atoms with Crippen molar-refractivity contribution in [2.24, 2.45) is 5.10 Å². The van der Waals surface area contributed by atoms with Crippen LogP contribution < -0.4 is 0 Å². The molecule has 0 bridgehead atoms. The molecule has 0 radical (unpaired) electrons. The molecule has 1 rings (SSSR count). The van der Waals surface area contributed by atoms with Crippen LogP contribution in [0.4, 0.5) is 13.2 Å². The first-order chi connectivity index (χ1) is 6.36. The fraction of sp³-hybridized carbons (Fsp3) is 0.750. The van der Waals surface area contributed by atoms with Gasteiger partial charge in [-0.15, -0.1) is 0 Å². The van der Waals surface area contributed by atoms with E-state index in [-0.39, 0.29) is 6.04 Å². The minimum absolute atomic E-state index is 0.276. The third-order valence-corrected chi connectivity index (χ3v) is 2.14. The van der Waals surface area contributed by atoms with E-state index < -0.39 is 24.2 Å². The molecule has 1 unspecified atom stereocenters. The van der Waals surface area contributed by atoms with Gasteiger partial charge in [0.15, 0.2) is 5.71 Å². The smallest absolute Gasteiger partial charge is 0.273 e. The van der Waals surface area contributed by atoms with Gasteiger partial charge in [-0.2, -0.15) is 18.3 Å². The molecule has 0 aromatic heterocycles. The number of hydrazone groups is 1. The first kappa shape index (κ1) is 11.0. The van der Waals surface area contributed by atoms with Crippen molar-refractivity contribution in [1.82, 2.24) is 5.01 Å². The lowest BCUT2D eigenvalue weighted by molar-refractivity contribution is -0.130. The molecule has 0 aliphatic carbocycles. The minimum Gasteiger partial charge on any atom is -0.273 e. The number of alkyl halides is 3. The number of nitrogens with zero attached hydrogens (tertiary/aromatic N) is 2. The molecule has 1 aliphatic heterocycles. The van der Waals surface area contributed by atoms with Crippen LogP contribution in [0.25, 0.3) is 0 Å². The summed E-state index contributed by atoms with van der Waals surface area (Å²) in [5.41, 5.74) is -0.997. The van der Waals surface area contributed by atoms with Gasteiger partial charge in [-0.3, -0.25) is 4.79 Å². The molecule has 14 heavy (non-hydrogen) atoms. The molecule has 1 aliphatic rings. The number of amides is 1. The Balaban J connectivity index is 2.82. The summed E-state index contributed by atoms with van der Waals surface area (Å²) in [6.07, 6.45) is -4.54. The number of carbonyl (C=O) groups is 1. The largest absolute Gasteiger partial charge is 0.431 e. The normalized spacial score (nSPS) is 19.9. The standard InChI is InChI=1S/C8H11F3N2O/c1-3-5(2)13-7(14)4-6(12-13)8(9,10)11/h5H,3-4H2,1-2H3. The van der Waals surface area contributed by atoms with Crippen molar-refractivity contribution in [3.8, 4) is 0 Å². The third-order valence-electron chi connectivity index (χ3n) is 2.14. The van der Waals surface area contributed by atoms with Crippen molar-refractivity contribution in [3.05, 3.63) is 0 Å². The lowest BCUT2D eigenvalue weighted by Gasteiger charge is -2.18. The van der Waals surface area contributed by atoms with Gasteiger partial charge in [0.1, 0.15) is 0 Å². The van der Waals surface area contributed by atoms with Crippen molar-refractivity contribution >= 4 is 11.6 Å². The molecule has 1 heterocycles. The molecule has 0 N–H and O–H groups in total. The highest BCUT2D eigenvalue weighted by molar-refractivity contribution is 6.07. The highest BCUT2D eigenvalue weighted by atomic mass is 19.4. The quantitative estimate of drug-likeness (QED) is 0.682. The summed E-state index contributed by atoms with van der Waals surface area (Å²) in [5.74, 6) is -0.577. The topological polar surface area (TPSA) is 32.7 Å². The Kier molecular flexibility index (Phi) is 2.82. The van der Waals surface area contributed by atoms with Crippen LogP contribution in [-0.4, -0.2) is 28.8 Å². The maximum Gasteiger partial charge on any atom is 0.431 e. The molecule has 0 aromatic rings. The fourth-order valence-electron chi connectivity index (χ4n) is 1.12. The van der Waals surface area contributed by atoms with E-state index in [2.05, 4.69) is 5.10 Å². The Morgan fingerprint density at radius 2 is 2.14 bits per heavy atom. The van der Waals surface area contributed by atoms with Crippen LogP contribution in [0, 0.1) is 0 Å². The molecule has 0 aromatic carbocycles. The van der Waals surface area contributed by atoms with Crippen molar-refractivity contribution in [2.75, 3.05) is 0 Å². The van der Waals surface area contributed by atoms with Gasteiger partial charge in [0.05, 0.1) is 12.5 Å². The van der Waals surface area contributed by atoms with Crippen molar-refractivity contribution in [2.45, 2.75) is 38.9 Å². The second-order valence-electron chi connectivity index (χ2n) is 3.22. The van der Waals surface area contributed by atoms with Crippen LogP contribution in [-0.2, 0) is 4.79 Å². The van der Waals surface area contributed by atoms with Crippen molar-refractivity contribution in [3.63, 3.8) is 0 Å². The van der Waals surface area contributed by atoms with Crippen LogP contribution in [0.15, 0.2) is 5.10 Å². The van der Waals surface area contributed by atoms with Crippen LogP contribution >= 0.6 is 0 Å². The fourth-order valence-corrected chi connectivity index (χ4v) is 1.12. The Bertz CT molecular complexity index is 272. The molecule has 0 saturated heterocycles. The van der Waals surface area contributed by atoms with E-state index in [9.17, 15) is 18.0 Å². The zero-order chi connectivity index (χ0) is 10.9. The van der Waals surface area contributed by atoms with E-state index in [1.165, 1.54) is 0 Å². The molecular formula is C8H11F3N2O. The minimum atomic E-state index is -4.49. The summed E-state index contributed by atoms with van der Waals surface area (Å²) < 4.78 is 36.5. The molecule has 3 nitrogen and oxygen atoms in total. The van der Waals surface area contributed by atoms with Gasteiger partial charge < -0.3 is 0 Å². The SMILES string of the molecule is CCC(C)N1N=C(C(F)(F)F)CC1=O. The van der Waals surface area contributed by atoms with Gasteiger partial charge in [0, 0.05) is 0 Å². The third kappa shape index (κ3) is 2.05. The van der Waals surface area contributed by atoms with Crippen LogP contribution in [0.5, 0.6) is 0 Å². The van der Waals surface area contributed by atoms with Crippen molar-refractivity contribution in [1.29, 1.82) is 0 Å². The molecule has 0 spiro atoms. The van der Waals surface area contributed by atoms with Gasteiger partial charge in [0.2, 0.25) is 5.91 Å². The van der Waals surface area contributed by atoms with Crippen LogP contribution in [0.1, 0.15) is 26.7 Å². The first-order valence-corrected chi connectivity index (χ1v) is 4.33. The summed E-state index contributed by atoms with van der Waals surface area (Å²) in [4.78, 5) is 11.1.